The number of aromatic nitrogens is 1. The minimum absolute atomic E-state index is 0.251. The number of aliphatic carboxylic acids is 1. The molecule has 18 heavy (non-hydrogen) atoms. The van der Waals surface area contributed by atoms with Gasteiger partial charge in [-0.05, 0) is 18.9 Å². The molecule has 1 aromatic heterocycles. The van der Waals surface area contributed by atoms with Crippen molar-refractivity contribution in [1.82, 2.24) is 4.98 Å². The predicted octanol–water partition coefficient (Wildman–Crippen LogP) is 1.51. The van der Waals surface area contributed by atoms with E-state index >= 15 is 0 Å². The molecule has 1 aromatic rings. The van der Waals surface area contributed by atoms with Crippen molar-refractivity contribution in [2.24, 2.45) is 5.41 Å². The van der Waals surface area contributed by atoms with Gasteiger partial charge in [0.05, 0.1) is 19.1 Å². The summed E-state index contributed by atoms with van der Waals surface area (Å²) in [5.41, 5.74) is -0.125. The van der Waals surface area contributed by atoms with Crippen LogP contribution >= 0.6 is 0 Å². The number of carboxylic acids is 1. The molecule has 0 radical (unpaired) electrons. The zero-order chi connectivity index (χ0) is 13.0. The third kappa shape index (κ3) is 2.61. The Labute approximate surface area is 106 Å². The lowest BCUT2D eigenvalue weighted by molar-refractivity contribution is -0.157. The lowest BCUT2D eigenvalue weighted by Gasteiger charge is -2.32. The molecule has 0 spiro atoms. The van der Waals surface area contributed by atoms with Crippen molar-refractivity contribution in [3.05, 3.63) is 23.9 Å². The Morgan fingerprint density at radius 2 is 2.44 bits per heavy atom. The van der Waals surface area contributed by atoms with Crippen molar-refractivity contribution in [3.63, 3.8) is 0 Å². The quantitative estimate of drug-likeness (QED) is 0.878. The van der Waals surface area contributed by atoms with E-state index in [0.29, 0.717) is 25.3 Å². The summed E-state index contributed by atoms with van der Waals surface area (Å²) in [5, 5.41) is 9.44. The van der Waals surface area contributed by atoms with Crippen LogP contribution in [0.15, 0.2) is 18.2 Å². The first-order valence-electron chi connectivity index (χ1n) is 5.97. The zero-order valence-corrected chi connectivity index (χ0v) is 10.4. The molecule has 1 fully saturated rings. The van der Waals surface area contributed by atoms with Crippen molar-refractivity contribution in [2.45, 2.75) is 19.3 Å². The van der Waals surface area contributed by atoms with Crippen LogP contribution in [0, 0.1) is 5.41 Å². The van der Waals surface area contributed by atoms with Crippen molar-refractivity contribution in [2.75, 3.05) is 20.3 Å². The fourth-order valence-corrected chi connectivity index (χ4v) is 2.25. The van der Waals surface area contributed by atoms with Gasteiger partial charge in [0.1, 0.15) is 0 Å². The molecule has 5 heteroatoms. The third-order valence-corrected chi connectivity index (χ3v) is 3.29. The summed E-state index contributed by atoms with van der Waals surface area (Å²) in [4.78, 5) is 15.8. The van der Waals surface area contributed by atoms with Crippen molar-refractivity contribution in [1.29, 1.82) is 0 Å². The van der Waals surface area contributed by atoms with Crippen LogP contribution < -0.4 is 4.74 Å². The number of hydrogen-bond donors (Lipinski definition) is 1. The monoisotopic (exact) mass is 251 g/mol. The Morgan fingerprint density at radius 3 is 3.06 bits per heavy atom. The van der Waals surface area contributed by atoms with Gasteiger partial charge in [0.15, 0.2) is 0 Å². The fourth-order valence-electron chi connectivity index (χ4n) is 2.25. The molecule has 2 rings (SSSR count). The standard InChI is InChI=1S/C13H17NO4/c1-17-11-5-2-4-10(14-11)8-13(12(15)16)6-3-7-18-9-13/h2,4-5H,3,6-9H2,1H3,(H,15,16). The highest BCUT2D eigenvalue weighted by atomic mass is 16.5. The van der Waals surface area contributed by atoms with Crippen LogP contribution in [0.5, 0.6) is 5.88 Å². The van der Waals surface area contributed by atoms with Crippen LogP contribution in [0.2, 0.25) is 0 Å². The second-order valence-corrected chi connectivity index (χ2v) is 4.59. The normalized spacial score (nSPS) is 23.6. The van der Waals surface area contributed by atoms with Crippen molar-refractivity contribution in [3.8, 4) is 5.88 Å². The minimum atomic E-state index is -0.850. The number of carboxylic acid groups (broad SMARTS) is 1. The summed E-state index contributed by atoms with van der Waals surface area (Å²) in [6, 6.07) is 5.39. The molecule has 1 N–H and O–H groups in total. The van der Waals surface area contributed by atoms with Crippen molar-refractivity contribution >= 4 is 5.97 Å². The van der Waals surface area contributed by atoms with Gasteiger partial charge >= 0.3 is 5.97 Å². The van der Waals surface area contributed by atoms with E-state index in [1.807, 2.05) is 12.1 Å². The van der Waals surface area contributed by atoms with Crippen LogP contribution in [-0.2, 0) is 16.0 Å². The lowest BCUT2D eigenvalue weighted by atomic mass is 9.78. The molecule has 0 bridgehead atoms. The first-order chi connectivity index (χ1) is 8.66. The Hall–Kier alpha value is -1.62. The SMILES string of the molecule is COc1cccc(CC2(C(=O)O)CCCOC2)n1. The van der Waals surface area contributed by atoms with E-state index in [1.54, 1.807) is 13.2 Å². The Bertz CT molecular complexity index is 427. The molecule has 2 heterocycles. The highest BCUT2D eigenvalue weighted by molar-refractivity contribution is 5.75. The van der Waals surface area contributed by atoms with Gasteiger partial charge in [-0.15, -0.1) is 0 Å². The summed E-state index contributed by atoms with van der Waals surface area (Å²) >= 11 is 0. The maximum absolute atomic E-state index is 11.5. The van der Waals surface area contributed by atoms with E-state index in [2.05, 4.69) is 4.98 Å². The van der Waals surface area contributed by atoms with Gasteiger partial charge in [-0.1, -0.05) is 6.07 Å². The smallest absolute Gasteiger partial charge is 0.312 e. The maximum atomic E-state index is 11.5. The molecule has 0 aliphatic carbocycles. The van der Waals surface area contributed by atoms with E-state index in [-0.39, 0.29) is 6.61 Å². The molecule has 98 valence electrons. The Balaban J connectivity index is 2.20. The number of hydrogen-bond acceptors (Lipinski definition) is 4. The third-order valence-electron chi connectivity index (χ3n) is 3.29. The first-order valence-corrected chi connectivity index (χ1v) is 5.97. The summed E-state index contributed by atoms with van der Waals surface area (Å²) in [5.74, 6) is -0.309. The van der Waals surface area contributed by atoms with Gasteiger partial charge in [0.25, 0.3) is 0 Å². The van der Waals surface area contributed by atoms with Crippen LogP contribution in [0.4, 0.5) is 0 Å². The molecular weight excluding hydrogens is 234 g/mol. The van der Waals surface area contributed by atoms with Crippen LogP contribution in [0.1, 0.15) is 18.5 Å². The molecule has 0 aromatic carbocycles. The molecule has 0 amide bonds. The second-order valence-electron chi connectivity index (χ2n) is 4.59. The molecule has 1 aliphatic rings. The molecule has 1 atom stereocenters. The van der Waals surface area contributed by atoms with E-state index in [4.69, 9.17) is 9.47 Å². The van der Waals surface area contributed by atoms with E-state index < -0.39 is 11.4 Å². The van der Waals surface area contributed by atoms with Gasteiger partial charge in [0.2, 0.25) is 5.88 Å². The Morgan fingerprint density at radius 1 is 1.61 bits per heavy atom. The van der Waals surface area contributed by atoms with Crippen molar-refractivity contribution < 1.29 is 19.4 Å². The largest absolute Gasteiger partial charge is 0.481 e. The number of carbonyl (C=O) groups is 1. The topological polar surface area (TPSA) is 68.7 Å². The lowest BCUT2D eigenvalue weighted by Crippen LogP contribution is -2.41. The van der Waals surface area contributed by atoms with E-state index in [1.165, 1.54) is 0 Å². The average Bonchev–Trinajstić information content (AvgIpc) is 2.40. The predicted molar refractivity (Wildman–Crippen MR) is 64.6 cm³/mol. The van der Waals surface area contributed by atoms with Gasteiger partial charge < -0.3 is 14.6 Å². The molecule has 5 nitrogen and oxygen atoms in total. The van der Waals surface area contributed by atoms with Gasteiger partial charge in [0, 0.05) is 24.8 Å². The van der Waals surface area contributed by atoms with Crippen LogP contribution in [0.25, 0.3) is 0 Å². The number of pyridine rings is 1. The highest BCUT2D eigenvalue weighted by Crippen LogP contribution is 2.32. The number of rotatable bonds is 4. The minimum Gasteiger partial charge on any atom is -0.481 e. The molecule has 1 saturated heterocycles. The van der Waals surface area contributed by atoms with Crippen LogP contribution in [0.3, 0.4) is 0 Å². The average molecular weight is 251 g/mol. The van der Waals surface area contributed by atoms with Gasteiger partial charge in [-0.2, -0.15) is 0 Å². The van der Waals surface area contributed by atoms with E-state index in [9.17, 15) is 9.90 Å². The summed E-state index contributed by atoms with van der Waals surface area (Å²) in [6.45, 7) is 0.891. The van der Waals surface area contributed by atoms with E-state index in [0.717, 1.165) is 12.1 Å². The van der Waals surface area contributed by atoms with Crippen LogP contribution in [-0.4, -0.2) is 36.4 Å². The first kappa shape index (κ1) is 12.8. The molecular formula is C13H17NO4. The number of methoxy groups -OCH3 is 1. The maximum Gasteiger partial charge on any atom is 0.312 e. The summed E-state index contributed by atoms with van der Waals surface area (Å²) < 4.78 is 10.4. The number of ether oxygens (including phenoxy) is 2. The van der Waals surface area contributed by atoms with Gasteiger partial charge in [-0.25, -0.2) is 4.98 Å². The molecule has 1 unspecified atom stereocenters. The number of nitrogens with zero attached hydrogens (tertiary/aromatic N) is 1. The summed E-state index contributed by atoms with van der Waals surface area (Å²) in [6.07, 6.45) is 1.77. The highest BCUT2D eigenvalue weighted by Gasteiger charge is 2.41. The molecule has 0 saturated carbocycles. The summed E-state index contributed by atoms with van der Waals surface area (Å²) in [7, 11) is 1.54. The van der Waals surface area contributed by atoms with Gasteiger partial charge in [-0.3, -0.25) is 4.79 Å². The molecule has 1 aliphatic heterocycles. The zero-order valence-electron chi connectivity index (χ0n) is 10.4. The second kappa shape index (κ2) is 5.35. The fraction of sp³-hybridized carbons (Fsp3) is 0.538. The Kier molecular flexibility index (Phi) is 3.81.